The lowest BCUT2D eigenvalue weighted by atomic mass is 10.1. The van der Waals surface area contributed by atoms with E-state index in [0.717, 1.165) is 17.2 Å². The number of benzene rings is 1. The zero-order valence-electron chi connectivity index (χ0n) is 14.0. The van der Waals surface area contributed by atoms with Gasteiger partial charge in [-0.2, -0.15) is 0 Å². The molecule has 0 unspecified atom stereocenters. The predicted octanol–water partition coefficient (Wildman–Crippen LogP) is 3.24. The Kier molecular flexibility index (Phi) is 4.08. The van der Waals surface area contributed by atoms with Crippen molar-refractivity contribution in [1.29, 1.82) is 0 Å². The van der Waals surface area contributed by atoms with E-state index in [1.54, 1.807) is 19.2 Å². The van der Waals surface area contributed by atoms with Gasteiger partial charge in [0.2, 0.25) is 0 Å². The monoisotopic (exact) mass is 382 g/mol. The fourth-order valence-corrected chi connectivity index (χ4v) is 3.09. The Labute approximate surface area is 156 Å². The summed E-state index contributed by atoms with van der Waals surface area (Å²) in [5, 5.41) is -0.511. The number of aryl methyl sites for hydroxylation is 1. The van der Waals surface area contributed by atoms with E-state index < -0.39 is 22.2 Å². The summed E-state index contributed by atoms with van der Waals surface area (Å²) in [7, 11) is 0. The fourth-order valence-electron chi connectivity index (χ4n) is 2.96. The summed E-state index contributed by atoms with van der Waals surface area (Å²) in [5.41, 5.74) is 0.965. The van der Waals surface area contributed by atoms with Crippen molar-refractivity contribution in [2.75, 3.05) is 0 Å². The van der Waals surface area contributed by atoms with Crippen LogP contribution in [-0.4, -0.2) is 19.5 Å². The number of pyridine rings is 2. The van der Waals surface area contributed by atoms with Crippen LogP contribution in [0.2, 0.25) is 5.15 Å². The van der Waals surface area contributed by atoms with Gasteiger partial charge in [-0.3, -0.25) is 14.8 Å². The Hall–Kier alpha value is -3.32. The largest absolute Gasteiger partial charge is 0.334 e. The SMILES string of the molecule is Cc1ccnc(-c2ccccc2)c1-n1c(=O)[nH]c(=O)c2cc(F)c(Cl)nc21. The molecule has 4 aromatic rings. The van der Waals surface area contributed by atoms with Crippen LogP contribution in [0.5, 0.6) is 0 Å². The van der Waals surface area contributed by atoms with Crippen LogP contribution in [0.25, 0.3) is 28.0 Å². The van der Waals surface area contributed by atoms with Crippen LogP contribution >= 0.6 is 11.6 Å². The van der Waals surface area contributed by atoms with Crippen LogP contribution < -0.4 is 11.2 Å². The van der Waals surface area contributed by atoms with Gasteiger partial charge in [0.15, 0.2) is 16.6 Å². The van der Waals surface area contributed by atoms with Gasteiger partial charge in [-0.15, -0.1) is 0 Å². The molecule has 0 atom stereocenters. The molecule has 0 aliphatic rings. The third-order valence-corrected chi connectivity index (χ3v) is 4.45. The Bertz CT molecular complexity index is 1300. The molecule has 0 fully saturated rings. The molecule has 0 aliphatic heterocycles. The van der Waals surface area contributed by atoms with E-state index in [1.165, 1.54) is 4.57 Å². The smallest absolute Gasteiger partial charge is 0.273 e. The molecule has 8 heteroatoms. The minimum absolute atomic E-state index is 0.0385. The Morgan fingerprint density at radius 3 is 2.63 bits per heavy atom. The number of aromatic amines is 1. The number of fused-ring (bicyclic) bond motifs is 1. The molecule has 0 saturated heterocycles. The molecule has 27 heavy (non-hydrogen) atoms. The number of hydrogen-bond acceptors (Lipinski definition) is 4. The standard InChI is InChI=1S/C19H12ClFN4O2/c1-10-7-8-22-14(11-5-3-2-4-6-11)15(10)25-17-12(18(26)24-19(25)27)9-13(21)16(20)23-17/h2-9H,1H3,(H,24,26,27). The van der Waals surface area contributed by atoms with Gasteiger partial charge >= 0.3 is 5.69 Å². The van der Waals surface area contributed by atoms with Crippen LogP contribution in [0.3, 0.4) is 0 Å². The average molecular weight is 383 g/mol. The first-order valence-corrected chi connectivity index (χ1v) is 8.37. The zero-order valence-corrected chi connectivity index (χ0v) is 14.8. The van der Waals surface area contributed by atoms with Crippen molar-refractivity contribution >= 4 is 22.6 Å². The highest BCUT2D eigenvalue weighted by atomic mass is 35.5. The number of nitrogens with zero attached hydrogens (tertiary/aromatic N) is 3. The third kappa shape index (κ3) is 2.82. The van der Waals surface area contributed by atoms with Crippen LogP contribution in [0.1, 0.15) is 5.56 Å². The maximum Gasteiger partial charge on any atom is 0.334 e. The third-order valence-electron chi connectivity index (χ3n) is 4.19. The second-order valence-electron chi connectivity index (χ2n) is 5.92. The van der Waals surface area contributed by atoms with E-state index in [-0.39, 0.29) is 11.0 Å². The van der Waals surface area contributed by atoms with Crippen molar-refractivity contribution in [3.8, 4) is 16.9 Å². The van der Waals surface area contributed by atoms with Crippen molar-refractivity contribution in [3.05, 3.63) is 86.0 Å². The minimum atomic E-state index is -0.842. The Morgan fingerprint density at radius 1 is 1.15 bits per heavy atom. The lowest BCUT2D eigenvalue weighted by molar-refractivity contribution is 0.623. The summed E-state index contributed by atoms with van der Waals surface area (Å²) in [6.07, 6.45) is 1.63. The lowest BCUT2D eigenvalue weighted by Gasteiger charge is -2.15. The number of rotatable bonds is 2. The van der Waals surface area contributed by atoms with E-state index >= 15 is 0 Å². The number of halogens is 2. The molecule has 6 nitrogen and oxygen atoms in total. The van der Waals surface area contributed by atoms with Gasteiger partial charge in [0.1, 0.15) is 0 Å². The number of nitrogens with one attached hydrogen (secondary N) is 1. The second-order valence-corrected chi connectivity index (χ2v) is 6.28. The molecule has 1 N–H and O–H groups in total. The molecule has 0 bridgehead atoms. The molecule has 0 aliphatic carbocycles. The van der Waals surface area contributed by atoms with Gasteiger partial charge in [-0.05, 0) is 24.6 Å². The number of aromatic nitrogens is 4. The Balaban J connectivity index is 2.18. The van der Waals surface area contributed by atoms with E-state index in [1.807, 2.05) is 30.3 Å². The molecule has 1 aromatic carbocycles. The van der Waals surface area contributed by atoms with Crippen LogP contribution in [-0.2, 0) is 0 Å². The molecular weight excluding hydrogens is 371 g/mol. The van der Waals surface area contributed by atoms with Gasteiger partial charge in [0.25, 0.3) is 5.56 Å². The number of hydrogen-bond donors (Lipinski definition) is 1. The first-order valence-electron chi connectivity index (χ1n) is 8.00. The molecule has 134 valence electrons. The zero-order chi connectivity index (χ0) is 19.1. The fraction of sp³-hybridized carbons (Fsp3) is 0.0526. The van der Waals surface area contributed by atoms with Gasteiger partial charge in [-0.1, -0.05) is 41.9 Å². The normalized spacial score (nSPS) is 11.1. The maximum atomic E-state index is 13.8. The van der Waals surface area contributed by atoms with E-state index in [2.05, 4.69) is 15.0 Å². The molecule has 0 amide bonds. The van der Waals surface area contributed by atoms with Gasteiger partial charge in [0.05, 0.1) is 16.8 Å². The van der Waals surface area contributed by atoms with Crippen LogP contribution in [0, 0.1) is 12.7 Å². The minimum Gasteiger partial charge on any atom is -0.273 e. The van der Waals surface area contributed by atoms with Crippen molar-refractivity contribution in [3.63, 3.8) is 0 Å². The lowest BCUT2D eigenvalue weighted by Crippen LogP contribution is -2.31. The topological polar surface area (TPSA) is 80.6 Å². The summed E-state index contributed by atoms with van der Waals surface area (Å²) in [6.45, 7) is 1.80. The molecule has 0 radical (unpaired) electrons. The number of H-pyrrole nitrogens is 1. The molecule has 3 heterocycles. The van der Waals surface area contributed by atoms with Gasteiger partial charge < -0.3 is 0 Å². The second kappa shape index (κ2) is 6.44. The molecule has 4 rings (SSSR count). The maximum absolute atomic E-state index is 13.8. The quantitative estimate of drug-likeness (QED) is 0.540. The molecule has 3 aromatic heterocycles. The first-order chi connectivity index (χ1) is 13.0. The predicted molar refractivity (Wildman–Crippen MR) is 101 cm³/mol. The summed E-state index contributed by atoms with van der Waals surface area (Å²) in [4.78, 5) is 35.4. The van der Waals surface area contributed by atoms with Crippen molar-refractivity contribution in [2.45, 2.75) is 6.92 Å². The van der Waals surface area contributed by atoms with Crippen molar-refractivity contribution in [2.24, 2.45) is 0 Å². The molecule has 0 spiro atoms. The van der Waals surface area contributed by atoms with Crippen LogP contribution in [0.4, 0.5) is 4.39 Å². The highest BCUT2D eigenvalue weighted by Crippen LogP contribution is 2.28. The molecular formula is C19H12ClFN4O2. The van der Waals surface area contributed by atoms with Gasteiger partial charge in [0, 0.05) is 11.8 Å². The first kappa shape index (κ1) is 17.1. The Morgan fingerprint density at radius 2 is 1.89 bits per heavy atom. The van der Waals surface area contributed by atoms with Crippen molar-refractivity contribution in [1.82, 2.24) is 19.5 Å². The van der Waals surface area contributed by atoms with Crippen molar-refractivity contribution < 1.29 is 4.39 Å². The van der Waals surface area contributed by atoms with E-state index in [0.29, 0.717) is 11.4 Å². The van der Waals surface area contributed by atoms with E-state index in [9.17, 15) is 14.0 Å². The van der Waals surface area contributed by atoms with Crippen LogP contribution in [0.15, 0.2) is 58.3 Å². The van der Waals surface area contributed by atoms with E-state index in [4.69, 9.17) is 11.6 Å². The summed E-state index contributed by atoms with van der Waals surface area (Å²) in [5.74, 6) is -0.842. The summed E-state index contributed by atoms with van der Waals surface area (Å²) >= 11 is 5.82. The summed E-state index contributed by atoms with van der Waals surface area (Å²) < 4.78 is 15.0. The van der Waals surface area contributed by atoms with Gasteiger partial charge in [-0.25, -0.2) is 18.7 Å². The highest BCUT2D eigenvalue weighted by Gasteiger charge is 2.19. The highest BCUT2D eigenvalue weighted by molar-refractivity contribution is 6.29. The summed E-state index contributed by atoms with van der Waals surface area (Å²) in [6, 6.07) is 12.0. The average Bonchev–Trinajstić information content (AvgIpc) is 2.65. The molecule has 0 saturated carbocycles.